The molecule has 0 spiro atoms. The molecule has 0 saturated heterocycles. The highest BCUT2D eigenvalue weighted by molar-refractivity contribution is 5.97. The summed E-state index contributed by atoms with van der Waals surface area (Å²) >= 11 is 0. The van der Waals surface area contributed by atoms with Crippen LogP contribution in [0.2, 0.25) is 0 Å². The Labute approximate surface area is 111 Å². The van der Waals surface area contributed by atoms with Crippen LogP contribution in [0, 0.1) is 0 Å². The number of amides is 1. The number of hydrogen-bond donors (Lipinski definition) is 3. The lowest BCUT2D eigenvalue weighted by molar-refractivity contribution is 0.0947. The van der Waals surface area contributed by atoms with E-state index in [-0.39, 0.29) is 11.6 Å². The van der Waals surface area contributed by atoms with Gasteiger partial charge in [-0.2, -0.15) is 10.2 Å². The van der Waals surface area contributed by atoms with Crippen LogP contribution in [0.15, 0.2) is 12.4 Å². The van der Waals surface area contributed by atoms with Crippen LogP contribution in [0.3, 0.4) is 0 Å². The molecule has 0 bridgehead atoms. The molecule has 0 aromatic carbocycles. The number of carbonyl (C=O) groups is 1. The van der Waals surface area contributed by atoms with Gasteiger partial charge in [0.1, 0.15) is 0 Å². The molecule has 4 N–H and O–H groups in total. The number of aromatic amines is 1. The Hall–Kier alpha value is -2.31. The summed E-state index contributed by atoms with van der Waals surface area (Å²) in [6.07, 6.45) is 5.28. The highest BCUT2D eigenvalue weighted by Crippen LogP contribution is 2.15. The van der Waals surface area contributed by atoms with Gasteiger partial charge in [0.15, 0.2) is 5.69 Å². The van der Waals surface area contributed by atoms with Crippen molar-refractivity contribution < 1.29 is 4.79 Å². The molecule has 0 radical (unpaired) electrons. The molecule has 0 aliphatic heterocycles. The Bertz CT molecular complexity index is 571. The predicted octanol–water partition coefficient (Wildman–Crippen LogP) is 0.608. The van der Waals surface area contributed by atoms with Crippen LogP contribution >= 0.6 is 0 Å². The van der Waals surface area contributed by atoms with Gasteiger partial charge in [-0.25, -0.2) is 0 Å². The normalized spacial score (nSPS) is 10.6. The summed E-state index contributed by atoms with van der Waals surface area (Å²) in [6.45, 7) is 2.45. The number of H-pyrrole nitrogens is 1. The Morgan fingerprint density at radius 2 is 2.37 bits per heavy atom. The Kier molecular flexibility index (Phi) is 3.84. The van der Waals surface area contributed by atoms with Gasteiger partial charge in [0.2, 0.25) is 0 Å². The first-order chi connectivity index (χ1) is 9.11. The van der Waals surface area contributed by atoms with Gasteiger partial charge < -0.3 is 11.1 Å². The van der Waals surface area contributed by atoms with E-state index >= 15 is 0 Å². The minimum atomic E-state index is -0.278. The zero-order chi connectivity index (χ0) is 13.8. The summed E-state index contributed by atoms with van der Waals surface area (Å²) in [6, 6.07) is 0. The summed E-state index contributed by atoms with van der Waals surface area (Å²) in [5.74, 6) is -0.278. The van der Waals surface area contributed by atoms with E-state index in [1.807, 2.05) is 20.2 Å². The lowest BCUT2D eigenvalue weighted by Crippen LogP contribution is -2.24. The lowest BCUT2D eigenvalue weighted by atomic mass is 10.2. The number of aryl methyl sites for hydroxylation is 2. The van der Waals surface area contributed by atoms with Crippen LogP contribution in [-0.4, -0.2) is 25.9 Å². The summed E-state index contributed by atoms with van der Waals surface area (Å²) in [5.41, 5.74) is 8.33. The number of hydrogen-bond acceptors (Lipinski definition) is 4. The van der Waals surface area contributed by atoms with Crippen molar-refractivity contribution in [1.82, 2.24) is 25.3 Å². The molecule has 2 heterocycles. The topological polar surface area (TPSA) is 102 Å². The van der Waals surface area contributed by atoms with Crippen LogP contribution in [0.25, 0.3) is 0 Å². The van der Waals surface area contributed by atoms with Crippen molar-refractivity contribution in [2.24, 2.45) is 7.05 Å². The molecule has 0 saturated carbocycles. The van der Waals surface area contributed by atoms with Crippen LogP contribution in [0.1, 0.15) is 35.1 Å². The molecule has 2 aromatic heterocycles. The fourth-order valence-corrected chi connectivity index (χ4v) is 1.83. The highest BCUT2D eigenvalue weighted by atomic mass is 16.1. The molecule has 7 nitrogen and oxygen atoms in total. The quantitative estimate of drug-likeness (QED) is 0.734. The van der Waals surface area contributed by atoms with Crippen molar-refractivity contribution in [2.45, 2.75) is 26.3 Å². The van der Waals surface area contributed by atoms with Crippen molar-refractivity contribution in [1.29, 1.82) is 0 Å². The Morgan fingerprint density at radius 3 is 3.00 bits per heavy atom. The zero-order valence-corrected chi connectivity index (χ0v) is 11.1. The number of rotatable bonds is 5. The van der Waals surface area contributed by atoms with Gasteiger partial charge in [-0.05, 0) is 6.42 Å². The van der Waals surface area contributed by atoms with Gasteiger partial charge in [-0.3, -0.25) is 14.6 Å². The molecule has 0 aliphatic carbocycles. The van der Waals surface area contributed by atoms with Crippen molar-refractivity contribution in [3.8, 4) is 0 Å². The van der Waals surface area contributed by atoms with E-state index in [1.165, 1.54) is 0 Å². The second kappa shape index (κ2) is 5.55. The number of nitrogen functional groups attached to an aromatic ring is 1. The van der Waals surface area contributed by atoms with Gasteiger partial charge in [0.25, 0.3) is 5.91 Å². The molecule has 1 amide bonds. The first kappa shape index (κ1) is 13.1. The van der Waals surface area contributed by atoms with Crippen LogP contribution in [0.4, 0.5) is 5.69 Å². The van der Waals surface area contributed by atoms with Crippen molar-refractivity contribution >= 4 is 11.6 Å². The molecule has 0 aliphatic rings. The minimum Gasteiger partial charge on any atom is -0.395 e. The highest BCUT2D eigenvalue weighted by Gasteiger charge is 2.16. The molecule has 102 valence electrons. The average Bonchev–Trinajstić information content (AvgIpc) is 2.95. The molecule has 19 heavy (non-hydrogen) atoms. The molecule has 0 unspecified atom stereocenters. The smallest absolute Gasteiger partial charge is 0.274 e. The van der Waals surface area contributed by atoms with Gasteiger partial charge >= 0.3 is 0 Å². The third-order valence-corrected chi connectivity index (χ3v) is 2.81. The van der Waals surface area contributed by atoms with E-state index in [0.29, 0.717) is 12.2 Å². The van der Waals surface area contributed by atoms with Gasteiger partial charge in [-0.1, -0.05) is 13.3 Å². The van der Waals surface area contributed by atoms with Gasteiger partial charge in [-0.15, -0.1) is 0 Å². The molecule has 0 fully saturated rings. The molecular weight excluding hydrogens is 244 g/mol. The fourth-order valence-electron chi connectivity index (χ4n) is 1.83. The van der Waals surface area contributed by atoms with Crippen LogP contribution < -0.4 is 11.1 Å². The molecular formula is C12H18N6O. The number of nitrogens with one attached hydrogen (secondary N) is 2. The first-order valence-corrected chi connectivity index (χ1v) is 6.20. The summed E-state index contributed by atoms with van der Waals surface area (Å²) in [7, 11) is 1.83. The largest absolute Gasteiger partial charge is 0.395 e. The van der Waals surface area contributed by atoms with E-state index in [0.717, 1.165) is 24.1 Å². The second-order valence-electron chi connectivity index (χ2n) is 4.42. The van der Waals surface area contributed by atoms with Gasteiger partial charge in [0, 0.05) is 25.4 Å². The fraction of sp³-hybridized carbons (Fsp3) is 0.417. The van der Waals surface area contributed by atoms with E-state index in [4.69, 9.17) is 5.73 Å². The van der Waals surface area contributed by atoms with Crippen molar-refractivity contribution in [2.75, 3.05) is 5.73 Å². The lowest BCUT2D eigenvalue weighted by Gasteiger charge is -2.02. The monoisotopic (exact) mass is 262 g/mol. The third-order valence-electron chi connectivity index (χ3n) is 2.81. The molecule has 7 heteroatoms. The zero-order valence-electron chi connectivity index (χ0n) is 11.1. The van der Waals surface area contributed by atoms with Gasteiger partial charge in [0.05, 0.1) is 17.6 Å². The Balaban J connectivity index is 2.00. The maximum absolute atomic E-state index is 12.0. The first-order valence-electron chi connectivity index (χ1n) is 6.20. The molecule has 2 rings (SSSR count). The summed E-state index contributed by atoms with van der Waals surface area (Å²) in [4.78, 5) is 12.0. The maximum Gasteiger partial charge on any atom is 0.274 e. The standard InChI is InChI=1S/C12H18N6O/c1-3-4-9-10(13)11(17-16-9)12(19)14-5-8-6-15-18(2)7-8/h6-7H,3-5,13H2,1-2H3,(H,14,19)(H,16,17). The number of nitrogens with two attached hydrogens (primary N) is 1. The van der Waals surface area contributed by atoms with Crippen molar-refractivity contribution in [3.63, 3.8) is 0 Å². The number of nitrogens with zero attached hydrogens (tertiary/aromatic N) is 3. The van der Waals surface area contributed by atoms with Crippen molar-refractivity contribution in [3.05, 3.63) is 29.3 Å². The summed E-state index contributed by atoms with van der Waals surface area (Å²) in [5, 5.41) is 13.6. The van der Waals surface area contributed by atoms with E-state index < -0.39 is 0 Å². The number of carbonyl (C=O) groups excluding carboxylic acids is 1. The van der Waals surface area contributed by atoms with Crippen LogP contribution in [0.5, 0.6) is 0 Å². The number of anilines is 1. The minimum absolute atomic E-state index is 0.257. The maximum atomic E-state index is 12.0. The van der Waals surface area contributed by atoms with Crippen LogP contribution in [-0.2, 0) is 20.0 Å². The SMILES string of the molecule is CCCc1[nH]nc(C(=O)NCc2cnn(C)c2)c1N. The van der Waals surface area contributed by atoms with E-state index in [2.05, 4.69) is 20.6 Å². The summed E-state index contributed by atoms with van der Waals surface area (Å²) < 4.78 is 1.68. The van der Waals surface area contributed by atoms with E-state index in [1.54, 1.807) is 10.9 Å². The average molecular weight is 262 g/mol. The molecule has 0 atom stereocenters. The third kappa shape index (κ3) is 2.93. The number of aromatic nitrogens is 4. The predicted molar refractivity (Wildman–Crippen MR) is 71.4 cm³/mol. The van der Waals surface area contributed by atoms with E-state index in [9.17, 15) is 4.79 Å². The Morgan fingerprint density at radius 1 is 1.58 bits per heavy atom. The second-order valence-corrected chi connectivity index (χ2v) is 4.42. The molecule has 2 aromatic rings.